The van der Waals surface area contributed by atoms with Crippen LogP contribution in [0.25, 0.3) is 11.0 Å². The van der Waals surface area contributed by atoms with Crippen LogP contribution in [0, 0.1) is 0 Å². The van der Waals surface area contributed by atoms with Gasteiger partial charge in [-0.3, -0.25) is 4.79 Å². The maximum Gasteiger partial charge on any atom is 0.235 e. The number of carbonyl (C=O) groups excluding carboxylic acids is 1. The molecule has 4 nitrogen and oxygen atoms in total. The van der Waals surface area contributed by atoms with Crippen LogP contribution in [0.1, 0.15) is 6.42 Å². The molecule has 1 aliphatic heterocycles. The van der Waals surface area contributed by atoms with Crippen LogP contribution in [-0.2, 0) is 11.8 Å². The van der Waals surface area contributed by atoms with Crippen LogP contribution in [0.5, 0.6) is 0 Å². The Bertz CT molecular complexity index is 607. The molecular weight excluding hydrogens is 246 g/mol. The normalized spacial score (nSPS) is 20.0. The molecule has 1 aliphatic rings. The molecule has 2 heterocycles. The summed E-state index contributed by atoms with van der Waals surface area (Å²) < 4.78 is 2.06. The van der Waals surface area contributed by atoms with Gasteiger partial charge in [-0.1, -0.05) is 23.9 Å². The van der Waals surface area contributed by atoms with Crippen LogP contribution in [0.4, 0.5) is 0 Å². The molecule has 1 amide bonds. The first kappa shape index (κ1) is 11.6. The molecule has 0 unspecified atom stereocenters. The Morgan fingerprint density at radius 2 is 2.11 bits per heavy atom. The van der Waals surface area contributed by atoms with E-state index in [2.05, 4.69) is 15.6 Å². The average Bonchev–Trinajstić information content (AvgIpc) is 2.86. The smallest absolute Gasteiger partial charge is 0.235 e. The minimum absolute atomic E-state index is 0.0190. The van der Waals surface area contributed by atoms with E-state index in [0.29, 0.717) is 0 Å². The lowest BCUT2D eigenvalue weighted by Crippen LogP contribution is -2.23. The molecule has 0 spiro atoms. The number of para-hydroxylation sites is 2. The van der Waals surface area contributed by atoms with Gasteiger partial charge >= 0.3 is 0 Å². The van der Waals surface area contributed by atoms with Crippen molar-refractivity contribution in [1.82, 2.24) is 14.5 Å². The number of aryl methyl sites for hydroxylation is 1. The third-order valence-corrected chi connectivity index (χ3v) is 4.67. The van der Waals surface area contributed by atoms with E-state index in [4.69, 9.17) is 0 Å². The highest BCUT2D eigenvalue weighted by atomic mass is 32.2. The van der Waals surface area contributed by atoms with E-state index in [0.717, 1.165) is 29.2 Å². The lowest BCUT2D eigenvalue weighted by molar-refractivity contribution is -0.126. The summed E-state index contributed by atoms with van der Waals surface area (Å²) in [5, 5.41) is 0.940. The van der Waals surface area contributed by atoms with Gasteiger partial charge in [0.2, 0.25) is 5.91 Å². The Morgan fingerprint density at radius 3 is 2.78 bits per heavy atom. The fourth-order valence-corrected chi connectivity index (χ4v) is 3.42. The van der Waals surface area contributed by atoms with Crippen molar-refractivity contribution >= 4 is 28.7 Å². The molecule has 1 fully saturated rings. The molecule has 1 atom stereocenters. The SMILES string of the molecule is CN1CC[C@H](Sc2nc3ccccc3n2C)C1=O. The van der Waals surface area contributed by atoms with Gasteiger partial charge in [-0.25, -0.2) is 4.98 Å². The number of amides is 1. The topological polar surface area (TPSA) is 38.1 Å². The summed E-state index contributed by atoms with van der Waals surface area (Å²) in [6.07, 6.45) is 0.906. The van der Waals surface area contributed by atoms with Crippen LogP contribution in [-0.4, -0.2) is 39.2 Å². The average molecular weight is 261 g/mol. The minimum atomic E-state index is 0.0190. The molecule has 5 heteroatoms. The fraction of sp³-hybridized carbons (Fsp3) is 0.385. The zero-order chi connectivity index (χ0) is 12.7. The quantitative estimate of drug-likeness (QED) is 0.828. The number of fused-ring (bicyclic) bond motifs is 1. The second-order valence-electron chi connectivity index (χ2n) is 4.60. The van der Waals surface area contributed by atoms with Gasteiger partial charge in [-0.2, -0.15) is 0 Å². The van der Waals surface area contributed by atoms with Gasteiger partial charge < -0.3 is 9.47 Å². The largest absolute Gasteiger partial charge is 0.345 e. The number of nitrogens with zero attached hydrogens (tertiary/aromatic N) is 3. The van der Waals surface area contributed by atoms with Gasteiger partial charge in [0.05, 0.1) is 16.3 Å². The van der Waals surface area contributed by atoms with Crippen molar-refractivity contribution in [1.29, 1.82) is 0 Å². The second-order valence-corrected chi connectivity index (χ2v) is 5.77. The number of benzene rings is 1. The molecular formula is C13H15N3OS. The lowest BCUT2D eigenvalue weighted by atomic mass is 10.3. The summed E-state index contributed by atoms with van der Waals surface area (Å²) >= 11 is 1.58. The molecule has 0 aliphatic carbocycles. The highest BCUT2D eigenvalue weighted by molar-refractivity contribution is 8.00. The molecule has 18 heavy (non-hydrogen) atoms. The summed E-state index contributed by atoms with van der Waals surface area (Å²) in [6, 6.07) is 8.04. The van der Waals surface area contributed by atoms with E-state index >= 15 is 0 Å². The highest BCUT2D eigenvalue weighted by Crippen LogP contribution is 2.31. The number of imidazole rings is 1. The third-order valence-electron chi connectivity index (χ3n) is 3.37. The molecule has 1 saturated heterocycles. The standard InChI is InChI=1S/C13H15N3OS/c1-15-8-7-11(12(15)17)18-13-14-9-5-3-4-6-10(9)16(13)2/h3-6,11H,7-8H2,1-2H3/t11-/m0/s1. The number of rotatable bonds is 2. The van der Waals surface area contributed by atoms with Crippen molar-refractivity contribution in [3.63, 3.8) is 0 Å². The summed E-state index contributed by atoms with van der Waals surface area (Å²) in [7, 11) is 3.86. The van der Waals surface area contributed by atoms with E-state index in [9.17, 15) is 4.79 Å². The maximum atomic E-state index is 11.9. The first-order valence-electron chi connectivity index (χ1n) is 6.00. The van der Waals surface area contributed by atoms with Crippen LogP contribution >= 0.6 is 11.8 Å². The summed E-state index contributed by atoms with van der Waals surface area (Å²) in [4.78, 5) is 18.3. The molecule has 94 valence electrons. The van der Waals surface area contributed by atoms with Gasteiger partial charge in [-0.15, -0.1) is 0 Å². The first-order valence-corrected chi connectivity index (χ1v) is 6.88. The van der Waals surface area contributed by atoms with Gasteiger partial charge in [-0.05, 0) is 18.6 Å². The predicted octanol–water partition coefficient (Wildman–Crippen LogP) is 1.90. The molecule has 0 radical (unpaired) electrons. The molecule has 0 saturated carbocycles. The Hall–Kier alpha value is -1.49. The monoisotopic (exact) mass is 261 g/mol. The van der Waals surface area contributed by atoms with E-state index in [-0.39, 0.29) is 11.2 Å². The molecule has 1 aromatic carbocycles. The van der Waals surface area contributed by atoms with Crippen molar-refractivity contribution in [2.45, 2.75) is 16.8 Å². The summed E-state index contributed by atoms with van der Waals surface area (Å²) in [5.41, 5.74) is 2.10. The fourth-order valence-electron chi connectivity index (χ4n) is 2.26. The molecule has 0 N–H and O–H groups in total. The lowest BCUT2D eigenvalue weighted by Gasteiger charge is -2.09. The number of carbonyl (C=O) groups is 1. The number of hydrogen-bond donors (Lipinski definition) is 0. The zero-order valence-electron chi connectivity index (χ0n) is 10.5. The van der Waals surface area contributed by atoms with Crippen LogP contribution < -0.4 is 0 Å². The summed E-state index contributed by atoms with van der Waals surface area (Å²) in [6.45, 7) is 0.848. The van der Waals surface area contributed by atoms with Crippen LogP contribution in [0.3, 0.4) is 0 Å². The summed E-state index contributed by atoms with van der Waals surface area (Å²) in [5.74, 6) is 0.215. The number of aromatic nitrogens is 2. The van der Waals surface area contributed by atoms with E-state index in [1.807, 2.05) is 32.3 Å². The van der Waals surface area contributed by atoms with Crippen molar-refractivity contribution in [2.75, 3.05) is 13.6 Å². The zero-order valence-corrected chi connectivity index (χ0v) is 11.3. The maximum absolute atomic E-state index is 11.9. The Labute approximate surface area is 110 Å². The van der Waals surface area contributed by atoms with Crippen LogP contribution in [0.2, 0.25) is 0 Å². The number of thioether (sulfide) groups is 1. The van der Waals surface area contributed by atoms with Crippen molar-refractivity contribution in [3.8, 4) is 0 Å². The molecule has 3 rings (SSSR count). The molecule has 2 aromatic rings. The van der Waals surface area contributed by atoms with Crippen molar-refractivity contribution < 1.29 is 4.79 Å². The van der Waals surface area contributed by atoms with E-state index in [1.54, 1.807) is 16.7 Å². The van der Waals surface area contributed by atoms with Gasteiger partial charge in [0, 0.05) is 20.6 Å². The van der Waals surface area contributed by atoms with Gasteiger partial charge in [0.15, 0.2) is 5.16 Å². The third kappa shape index (κ3) is 1.79. The van der Waals surface area contributed by atoms with Gasteiger partial charge in [0.25, 0.3) is 0 Å². The van der Waals surface area contributed by atoms with Crippen LogP contribution in [0.15, 0.2) is 29.4 Å². The number of likely N-dealkylation sites (tertiary alicyclic amines) is 1. The Balaban J connectivity index is 1.91. The van der Waals surface area contributed by atoms with Crippen molar-refractivity contribution in [2.24, 2.45) is 7.05 Å². The minimum Gasteiger partial charge on any atom is -0.345 e. The number of hydrogen-bond acceptors (Lipinski definition) is 3. The van der Waals surface area contributed by atoms with Crippen molar-refractivity contribution in [3.05, 3.63) is 24.3 Å². The van der Waals surface area contributed by atoms with E-state index in [1.165, 1.54) is 0 Å². The first-order chi connectivity index (χ1) is 8.66. The second kappa shape index (κ2) is 4.31. The highest BCUT2D eigenvalue weighted by Gasteiger charge is 2.31. The predicted molar refractivity (Wildman–Crippen MR) is 72.6 cm³/mol. The van der Waals surface area contributed by atoms with E-state index < -0.39 is 0 Å². The van der Waals surface area contributed by atoms with Gasteiger partial charge in [0.1, 0.15) is 0 Å². The molecule has 0 bridgehead atoms. The Kier molecular flexibility index (Phi) is 2.78. The molecule has 1 aromatic heterocycles. The Morgan fingerprint density at radius 1 is 1.33 bits per heavy atom.